The maximum absolute atomic E-state index is 12.9. The van der Waals surface area contributed by atoms with Gasteiger partial charge in [-0.1, -0.05) is 11.6 Å². The summed E-state index contributed by atoms with van der Waals surface area (Å²) in [6.07, 6.45) is 0. The molecule has 130 valence electrons. The first kappa shape index (κ1) is 16.9. The summed E-state index contributed by atoms with van der Waals surface area (Å²) >= 11 is 6.36. The van der Waals surface area contributed by atoms with Crippen molar-refractivity contribution in [3.8, 4) is 22.8 Å². The number of aromatic hydroxyl groups is 1. The Bertz CT molecular complexity index is 828. The normalized spacial score (nSPS) is 15.2. The van der Waals surface area contributed by atoms with Gasteiger partial charge in [-0.25, -0.2) is 9.36 Å². The number of fused-ring (bicyclic) bond motifs is 1. The highest BCUT2D eigenvalue weighted by atomic mass is 35.5. The van der Waals surface area contributed by atoms with Gasteiger partial charge in [0, 0.05) is 13.1 Å². The average molecular weight is 354 g/mol. The van der Waals surface area contributed by atoms with Crippen LogP contribution in [0.3, 0.4) is 0 Å². The lowest BCUT2D eigenvalue weighted by molar-refractivity contribution is -0.130. The number of halogens is 1. The second-order valence-electron chi connectivity index (χ2n) is 5.69. The number of hydrogen-bond acceptors (Lipinski definition) is 5. The molecule has 1 aliphatic rings. The van der Waals surface area contributed by atoms with E-state index in [4.69, 9.17) is 21.2 Å². The van der Waals surface area contributed by atoms with Crippen molar-refractivity contribution >= 4 is 11.6 Å². The molecule has 0 fully saturated rings. The number of hydrogen-bond donors (Lipinski definition) is 1. The van der Waals surface area contributed by atoms with Crippen molar-refractivity contribution in [2.75, 3.05) is 27.3 Å². The van der Waals surface area contributed by atoms with Crippen molar-refractivity contribution in [2.24, 2.45) is 0 Å². The standard InChI is InChI=1S/C16H20ClN3O4/c1-10-8-11(17)13(12(9-10)23-2)14-15(21)19-6-4-18(24-3)5-7-20(19)16(14)22/h8-9,21H,4-7H2,1-3H3. The van der Waals surface area contributed by atoms with Crippen LogP contribution in [0, 0.1) is 6.92 Å². The van der Waals surface area contributed by atoms with E-state index in [0.717, 1.165) is 5.56 Å². The van der Waals surface area contributed by atoms with Gasteiger partial charge in [-0.15, -0.1) is 0 Å². The van der Waals surface area contributed by atoms with Gasteiger partial charge in [0.1, 0.15) is 11.3 Å². The minimum absolute atomic E-state index is 0.109. The lowest BCUT2D eigenvalue weighted by Crippen LogP contribution is -2.27. The lowest BCUT2D eigenvalue weighted by Gasteiger charge is -2.15. The Labute approximate surface area is 144 Å². The van der Waals surface area contributed by atoms with E-state index in [2.05, 4.69) is 0 Å². The van der Waals surface area contributed by atoms with Gasteiger partial charge in [0.2, 0.25) is 5.88 Å². The summed E-state index contributed by atoms with van der Waals surface area (Å²) < 4.78 is 8.46. The largest absolute Gasteiger partial charge is 0.496 e. The summed E-state index contributed by atoms with van der Waals surface area (Å²) in [5.74, 6) is 0.356. The van der Waals surface area contributed by atoms with Crippen molar-refractivity contribution in [3.05, 3.63) is 33.1 Å². The van der Waals surface area contributed by atoms with Crippen LogP contribution in [0.1, 0.15) is 5.56 Å². The van der Waals surface area contributed by atoms with Crippen LogP contribution in [-0.2, 0) is 17.9 Å². The molecule has 2 heterocycles. The molecule has 0 saturated heterocycles. The van der Waals surface area contributed by atoms with E-state index in [1.807, 2.05) is 6.92 Å². The first-order valence-electron chi connectivity index (χ1n) is 7.64. The van der Waals surface area contributed by atoms with Crippen molar-refractivity contribution in [1.29, 1.82) is 0 Å². The predicted octanol–water partition coefficient (Wildman–Crippen LogP) is 1.87. The number of nitrogens with zero attached hydrogens (tertiary/aromatic N) is 3. The third kappa shape index (κ3) is 2.68. The van der Waals surface area contributed by atoms with E-state index in [0.29, 0.717) is 42.5 Å². The minimum atomic E-state index is -0.297. The average Bonchev–Trinajstić information content (AvgIpc) is 2.71. The molecule has 0 bridgehead atoms. The molecule has 1 aliphatic heterocycles. The highest BCUT2D eigenvalue weighted by molar-refractivity contribution is 6.33. The monoisotopic (exact) mass is 353 g/mol. The molecular formula is C16H20ClN3O4. The topological polar surface area (TPSA) is 68.9 Å². The molecule has 1 N–H and O–H groups in total. The Balaban J connectivity index is 2.18. The number of benzene rings is 1. The maximum Gasteiger partial charge on any atom is 0.278 e. The van der Waals surface area contributed by atoms with Crippen molar-refractivity contribution in [1.82, 2.24) is 14.4 Å². The number of hydroxylamine groups is 2. The summed E-state index contributed by atoms with van der Waals surface area (Å²) in [7, 11) is 3.10. The fraction of sp³-hybridized carbons (Fsp3) is 0.438. The summed E-state index contributed by atoms with van der Waals surface area (Å²) in [4.78, 5) is 18.1. The molecular weight excluding hydrogens is 334 g/mol. The van der Waals surface area contributed by atoms with E-state index >= 15 is 0 Å². The Morgan fingerprint density at radius 3 is 2.38 bits per heavy atom. The van der Waals surface area contributed by atoms with Gasteiger partial charge in [0.15, 0.2) is 0 Å². The van der Waals surface area contributed by atoms with E-state index in [1.165, 1.54) is 11.8 Å². The predicted molar refractivity (Wildman–Crippen MR) is 90.7 cm³/mol. The van der Waals surface area contributed by atoms with Crippen LogP contribution in [0.4, 0.5) is 0 Å². The van der Waals surface area contributed by atoms with Crippen LogP contribution in [0.2, 0.25) is 5.02 Å². The zero-order chi connectivity index (χ0) is 17.4. The Hall–Kier alpha value is -1.96. The van der Waals surface area contributed by atoms with Gasteiger partial charge in [-0.05, 0) is 24.6 Å². The van der Waals surface area contributed by atoms with Crippen LogP contribution >= 0.6 is 11.6 Å². The second-order valence-corrected chi connectivity index (χ2v) is 6.09. The van der Waals surface area contributed by atoms with Gasteiger partial charge in [-0.3, -0.25) is 4.79 Å². The third-order valence-corrected chi connectivity index (χ3v) is 4.55. The Morgan fingerprint density at radius 2 is 1.75 bits per heavy atom. The van der Waals surface area contributed by atoms with Gasteiger partial charge in [0.05, 0.1) is 37.9 Å². The van der Waals surface area contributed by atoms with Gasteiger partial charge in [-0.2, -0.15) is 5.06 Å². The van der Waals surface area contributed by atoms with E-state index in [1.54, 1.807) is 29.0 Å². The van der Waals surface area contributed by atoms with Crippen molar-refractivity contribution < 1.29 is 14.7 Å². The molecule has 1 aromatic heterocycles. The Morgan fingerprint density at radius 1 is 1.08 bits per heavy atom. The smallest absolute Gasteiger partial charge is 0.278 e. The molecule has 3 rings (SSSR count). The molecule has 0 amide bonds. The molecule has 1 aromatic carbocycles. The zero-order valence-electron chi connectivity index (χ0n) is 13.9. The van der Waals surface area contributed by atoms with Crippen molar-refractivity contribution in [3.63, 3.8) is 0 Å². The maximum atomic E-state index is 12.9. The number of methoxy groups -OCH3 is 1. The second kappa shape index (κ2) is 6.51. The number of rotatable bonds is 3. The molecule has 0 atom stereocenters. The van der Waals surface area contributed by atoms with Crippen LogP contribution in [0.15, 0.2) is 16.9 Å². The molecule has 0 radical (unpaired) electrons. The summed E-state index contributed by atoms with van der Waals surface area (Å²) in [6.45, 7) is 3.85. The molecule has 24 heavy (non-hydrogen) atoms. The fourth-order valence-electron chi connectivity index (χ4n) is 3.07. The number of aromatic nitrogens is 2. The van der Waals surface area contributed by atoms with E-state index in [9.17, 15) is 9.90 Å². The van der Waals surface area contributed by atoms with Crippen LogP contribution in [0.25, 0.3) is 11.1 Å². The molecule has 0 spiro atoms. The van der Waals surface area contributed by atoms with E-state index < -0.39 is 0 Å². The van der Waals surface area contributed by atoms with Crippen LogP contribution in [-0.4, -0.2) is 46.8 Å². The third-order valence-electron chi connectivity index (χ3n) is 4.26. The lowest BCUT2D eigenvalue weighted by atomic mass is 10.0. The zero-order valence-corrected chi connectivity index (χ0v) is 14.6. The summed E-state index contributed by atoms with van der Waals surface area (Å²) in [6, 6.07) is 3.54. The first-order chi connectivity index (χ1) is 11.5. The minimum Gasteiger partial charge on any atom is -0.496 e. The van der Waals surface area contributed by atoms with Crippen LogP contribution in [0.5, 0.6) is 11.6 Å². The fourth-order valence-corrected chi connectivity index (χ4v) is 3.43. The molecule has 2 aromatic rings. The van der Waals surface area contributed by atoms with Crippen molar-refractivity contribution in [2.45, 2.75) is 20.0 Å². The van der Waals surface area contributed by atoms with Crippen LogP contribution < -0.4 is 10.3 Å². The first-order valence-corrected chi connectivity index (χ1v) is 8.01. The highest BCUT2D eigenvalue weighted by Gasteiger charge is 2.27. The molecule has 0 aliphatic carbocycles. The number of aryl methyl sites for hydroxylation is 1. The van der Waals surface area contributed by atoms with E-state index in [-0.39, 0.29) is 17.0 Å². The molecule has 0 unspecified atom stereocenters. The summed E-state index contributed by atoms with van der Waals surface area (Å²) in [5.41, 5.74) is 1.21. The summed E-state index contributed by atoms with van der Waals surface area (Å²) in [5, 5.41) is 12.8. The van der Waals surface area contributed by atoms with Gasteiger partial charge >= 0.3 is 0 Å². The number of ether oxygens (including phenoxy) is 1. The molecule has 7 nitrogen and oxygen atoms in total. The SMILES string of the molecule is COc1cc(C)cc(Cl)c1-c1c(O)n2n(c1=O)CCN(OC)CC2. The van der Waals surface area contributed by atoms with Gasteiger partial charge < -0.3 is 14.7 Å². The quantitative estimate of drug-likeness (QED) is 0.912. The highest BCUT2D eigenvalue weighted by Crippen LogP contribution is 2.40. The molecule has 8 heteroatoms. The van der Waals surface area contributed by atoms with Gasteiger partial charge in [0.25, 0.3) is 5.56 Å². The molecule has 0 saturated carbocycles. The Kier molecular flexibility index (Phi) is 4.58.